The standard InChI is InChI=1S/C20H27N3O5/c1-14-16(4-9-26-14)19(24)23-7-5-20(6-8-23)12-15(3-10-27-20)11-17-21-18(13-25-2)28-22-17/h4,9,15H,3,5-8,10-13H2,1-2H3. The Kier molecular flexibility index (Phi) is 5.50. The molecule has 2 aromatic heterocycles. The van der Waals surface area contributed by atoms with Gasteiger partial charge in [0.05, 0.1) is 17.4 Å². The zero-order valence-corrected chi connectivity index (χ0v) is 16.5. The first-order valence-electron chi connectivity index (χ1n) is 9.86. The summed E-state index contributed by atoms with van der Waals surface area (Å²) in [6, 6.07) is 1.75. The highest BCUT2D eigenvalue weighted by molar-refractivity contribution is 5.95. The van der Waals surface area contributed by atoms with Crippen molar-refractivity contribution in [3.8, 4) is 0 Å². The molecule has 0 aliphatic carbocycles. The van der Waals surface area contributed by atoms with E-state index in [4.69, 9.17) is 18.4 Å². The first kappa shape index (κ1) is 19.1. The van der Waals surface area contributed by atoms with Crippen LogP contribution in [0.3, 0.4) is 0 Å². The minimum atomic E-state index is -0.149. The number of carbonyl (C=O) groups is 1. The smallest absolute Gasteiger partial charge is 0.257 e. The van der Waals surface area contributed by atoms with Gasteiger partial charge in [-0.2, -0.15) is 4.98 Å². The van der Waals surface area contributed by atoms with Crippen molar-refractivity contribution in [1.29, 1.82) is 0 Å². The van der Waals surface area contributed by atoms with E-state index in [0.29, 0.717) is 42.8 Å². The first-order valence-corrected chi connectivity index (χ1v) is 9.86. The molecule has 152 valence electrons. The lowest BCUT2D eigenvalue weighted by Gasteiger charge is -2.46. The van der Waals surface area contributed by atoms with Crippen LogP contribution in [0.2, 0.25) is 0 Å². The molecule has 2 aliphatic heterocycles. The molecule has 1 atom stereocenters. The molecule has 2 aromatic rings. The van der Waals surface area contributed by atoms with Crippen LogP contribution >= 0.6 is 0 Å². The van der Waals surface area contributed by atoms with Crippen molar-refractivity contribution in [2.45, 2.75) is 51.2 Å². The Hall–Kier alpha value is -2.19. The highest BCUT2D eigenvalue weighted by atomic mass is 16.5. The molecule has 28 heavy (non-hydrogen) atoms. The Balaban J connectivity index is 1.34. The van der Waals surface area contributed by atoms with Gasteiger partial charge in [0.2, 0.25) is 0 Å². The average Bonchev–Trinajstić information content (AvgIpc) is 3.31. The van der Waals surface area contributed by atoms with Crippen molar-refractivity contribution >= 4 is 5.91 Å². The number of furan rings is 1. The second kappa shape index (κ2) is 8.05. The Morgan fingerprint density at radius 2 is 2.21 bits per heavy atom. The number of methoxy groups -OCH3 is 1. The molecule has 4 heterocycles. The fourth-order valence-electron chi connectivity index (χ4n) is 4.36. The number of aryl methyl sites for hydroxylation is 1. The summed E-state index contributed by atoms with van der Waals surface area (Å²) in [7, 11) is 1.61. The summed E-state index contributed by atoms with van der Waals surface area (Å²) in [6.45, 7) is 4.31. The quantitative estimate of drug-likeness (QED) is 0.776. The van der Waals surface area contributed by atoms with Gasteiger partial charge in [-0.15, -0.1) is 0 Å². The molecular formula is C20H27N3O5. The maximum atomic E-state index is 12.7. The van der Waals surface area contributed by atoms with Crippen molar-refractivity contribution in [2.24, 2.45) is 5.92 Å². The third kappa shape index (κ3) is 3.98. The molecule has 0 saturated carbocycles. The maximum Gasteiger partial charge on any atom is 0.257 e. The molecule has 0 radical (unpaired) electrons. The van der Waals surface area contributed by atoms with Gasteiger partial charge >= 0.3 is 0 Å². The number of nitrogens with zero attached hydrogens (tertiary/aromatic N) is 3. The third-order valence-electron chi connectivity index (χ3n) is 5.90. The van der Waals surface area contributed by atoms with Gasteiger partial charge in [0.15, 0.2) is 5.82 Å². The molecule has 1 spiro atoms. The first-order chi connectivity index (χ1) is 13.6. The van der Waals surface area contributed by atoms with E-state index in [9.17, 15) is 4.79 Å². The molecule has 2 saturated heterocycles. The van der Waals surface area contributed by atoms with E-state index in [-0.39, 0.29) is 11.5 Å². The molecule has 8 heteroatoms. The molecule has 2 aliphatic rings. The predicted octanol–water partition coefficient (Wildman–Crippen LogP) is 2.76. The normalized spacial score (nSPS) is 21.9. The number of ether oxygens (including phenoxy) is 2. The Labute approximate surface area is 164 Å². The van der Waals surface area contributed by atoms with Crippen molar-refractivity contribution in [3.05, 3.63) is 35.4 Å². The molecule has 1 amide bonds. The van der Waals surface area contributed by atoms with Gasteiger partial charge in [-0.25, -0.2) is 0 Å². The Morgan fingerprint density at radius 3 is 2.93 bits per heavy atom. The lowest BCUT2D eigenvalue weighted by molar-refractivity contribution is -0.123. The molecular weight excluding hydrogens is 362 g/mol. The van der Waals surface area contributed by atoms with Crippen LogP contribution in [0.25, 0.3) is 0 Å². The summed E-state index contributed by atoms with van der Waals surface area (Å²) >= 11 is 0. The highest BCUT2D eigenvalue weighted by Gasteiger charge is 2.41. The van der Waals surface area contributed by atoms with Crippen molar-refractivity contribution in [2.75, 3.05) is 26.8 Å². The van der Waals surface area contributed by atoms with Crippen LogP contribution in [0.1, 0.15) is 53.5 Å². The molecule has 4 rings (SSSR count). The monoisotopic (exact) mass is 389 g/mol. The number of piperidine rings is 1. The van der Waals surface area contributed by atoms with Crippen molar-refractivity contribution < 1.29 is 23.2 Å². The molecule has 0 aromatic carbocycles. The molecule has 0 N–H and O–H groups in total. The Morgan fingerprint density at radius 1 is 1.39 bits per heavy atom. The van der Waals surface area contributed by atoms with E-state index >= 15 is 0 Å². The minimum absolute atomic E-state index is 0.0472. The fourth-order valence-corrected chi connectivity index (χ4v) is 4.36. The second-order valence-electron chi connectivity index (χ2n) is 7.81. The van der Waals surface area contributed by atoms with E-state index < -0.39 is 0 Å². The fraction of sp³-hybridized carbons (Fsp3) is 0.650. The lowest BCUT2D eigenvalue weighted by atomic mass is 9.78. The predicted molar refractivity (Wildman–Crippen MR) is 98.7 cm³/mol. The molecule has 0 bridgehead atoms. The van der Waals surface area contributed by atoms with Gasteiger partial charge < -0.3 is 23.3 Å². The van der Waals surface area contributed by atoms with Crippen LogP contribution in [0.15, 0.2) is 21.3 Å². The topological polar surface area (TPSA) is 90.8 Å². The summed E-state index contributed by atoms with van der Waals surface area (Å²) in [5, 5.41) is 4.07. The zero-order chi connectivity index (χ0) is 19.6. The SMILES string of the molecule is COCc1nc(CC2CCOC3(CCN(C(=O)c4ccoc4C)CC3)C2)no1. The van der Waals surface area contributed by atoms with Gasteiger partial charge in [-0.3, -0.25) is 4.79 Å². The number of rotatable bonds is 5. The summed E-state index contributed by atoms with van der Waals surface area (Å²) in [4.78, 5) is 19.0. The molecule has 1 unspecified atom stereocenters. The summed E-state index contributed by atoms with van der Waals surface area (Å²) in [5.41, 5.74) is 0.506. The van der Waals surface area contributed by atoms with E-state index in [1.807, 2.05) is 11.8 Å². The van der Waals surface area contributed by atoms with E-state index in [2.05, 4.69) is 10.1 Å². The largest absolute Gasteiger partial charge is 0.469 e. The zero-order valence-electron chi connectivity index (χ0n) is 16.5. The summed E-state index contributed by atoms with van der Waals surface area (Å²) in [5.74, 6) is 2.43. The van der Waals surface area contributed by atoms with Crippen LogP contribution in [0.5, 0.6) is 0 Å². The number of likely N-dealkylation sites (tertiary alicyclic amines) is 1. The number of hydrogen-bond acceptors (Lipinski definition) is 7. The number of carbonyl (C=O) groups excluding carboxylic acids is 1. The van der Waals surface area contributed by atoms with Gasteiger partial charge in [0.25, 0.3) is 11.8 Å². The van der Waals surface area contributed by atoms with Gasteiger partial charge in [-0.1, -0.05) is 5.16 Å². The average molecular weight is 389 g/mol. The lowest BCUT2D eigenvalue weighted by Crippen LogP contribution is -2.51. The van der Waals surface area contributed by atoms with E-state index in [0.717, 1.165) is 44.5 Å². The number of aromatic nitrogens is 2. The molecule has 2 fully saturated rings. The third-order valence-corrected chi connectivity index (χ3v) is 5.90. The minimum Gasteiger partial charge on any atom is -0.469 e. The van der Waals surface area contributed by atoms with Crippen LogP contribution < -0.4 is 0 Å². The number of hydrogen-bond donors (Lipinski definition) is 0. The van der Waals surface area contributed by atoms with Gasteiger partial charge in [0, 0.05) is 33.2 Å². The van der Waals surface area contributed by atoms with Gasteiger partial charge in [-0.05, 0) is 44.6 Å². The van der Waals surface area contributed by atoms with E-state index in [1.54, 1.807) is 19.4 Å². The van der Waals surface area contributed by atoms with Crippen LogP contribution in [-0.4, -0.2) is 53.4 Å². The van der Waals surface area contributed by atoms with E-state index in [1.165, 1.54) is 0 Å². The summed E-state index contributed by atoms with van der Waals surface area (Å²) in [6.07, 6.45) is 6.02. The van der Waals surface area contributed by atoms with Crippen LogP contribution in [-0.2, 0) is 22.5 Å². The highest BCUT2D eigenvalue weighted by Crippen LogP contribution is 2.39. The van der Waals surface area contributed by atoms with Crippen LogP contribution in [0.4, 0.5) is 0 Å². The van der Waals surface area contributed by atoms with Crippen LogP contribution in [0, 0.1) is 12.8 Å². The van der Waals surface area contributed by atoms with Gasteiger partial charge in [0.1, 0.15) is 12.4 Å². The maximum absolute atomic E-state index is 12.7. The number of amides is 1. The Bertz CT molecular complexity index is 806. The second-order valence-corrected chi connectivity index (χ2v) is 7.81. The van der Waals surface area contributed by atoms with Crippen molar-refractivity contribution in [3.63, 3.8) is 0 Å². The van der Waals surface area contributed by atoms with Crippen molar-refractivity contribution in [1.82, 2.24) is 15.0 Å². The summed E-state index contributed by atoms with van der Waals surface area (Å²) < 4.78 is 21.7. The molecule has 8 nitrogen and oxygen atoms in total.